The number of likely N-dealkylation sites (N-methyl/N-ethyl adjacent to an activating group) is 1. The van der Waals surface area contributed by atoms with Gasteiger partial charge in [0.05, 0.1) is 24.4 Å². The first-order chi connectivity index (χ1) is 15.4. The summed E-state index contributed by atoms with van der Waals surface area (Å²) >= 11 is 0. The van der Waals surface area contributed by atoms with Crippen molar-refractivity contribution < 1.29 is 9.53 Å². The Morgan fingerprint density at radius 1 is 1.22 bits per heavy atom. The smallest absolute Gasteiger partial charge is 0.306 e. The third kappa shape index (κ3) is 5.65. The molecule has 32 heavy (non-hydrogen) atoms. The lowest BCUT2D eigenvalue weighted by Crippen LogP contribution is -2.47. The molecule has 10 nitrogen and oxygen atoms in total. The van der Waals surface area contributed by atoms with Gasteiger partial charge in [0.15, 0.2) is 5.82 Å². The lowest BCUT2D eigenvalue weighted by atomic mass is 10.2. The van der Waals surface area contributed by atoms with Crippen LogP contribution in [0, 0.1) is 0 Å². The van der Waals surface area contributed by atoms with Crippen molar-refractivity contribution in [2.24, 2.45) is 11.6 Å². The third-order valence-electron chi connectivity index (χ3n) is 5.30. The van der Waals surface area contributed by atoms with Crippen LogP contribution in [0.2, 0.25) is 0 Å². The van der Waals surface area contributed by atoms with Crippen LogP contribution >= 0.6 is 0 Å². The summed E-state index contributed by atoms with van der Waals surface area (Å²) in [7, 11) is 2.06. The van der Waals surface area contributed by atoms with Gasteiger partial charge in [0.2, 0.25) is 0 Å². The van der Waals surface area contributed by atoms with Crippen LogP contribution in [0.1, 0.15) is 19.0 Å². The van der Waals surface area contributed by atoms with Gasteiger partial charge >= 0.3 is 5.97 Å². The van der Waals surface area contributed by atoms with Crippen LogP contribution in [-0.2, 0) is 16.0 Å². The Kier molecular flexibility index (Phi) is 7.85. The summed E-state index contributed by atoms with van der Waals surface area (Å²) in [5.41, 5.74) is 7.25. The van der Waals surface area contributed by atoms with Crippen LogP contribution in [0.15, 0.2) is 47.7 Å². The highest BCUT2D eigenvalue weighted by Gasteiger charge is 2.21. The largest absolute Gasteiger partial charge is 0.466 e. The summed E-state index contributed by atoms with van der Waals surface area (Å²) in [6.07, 6.45) is 5.16. The summed E-state index contributed by atoms with van der Waals surface area (Å²) in [5, 5.41) is 1.39. The monoisotopic (exact) mass is 441 g/mol. The fourth-order valence-corrected chi connectivity index (χ4v) is 3.49. The fraction of sp³-hybridized carbons (Fsp3) is 0.409. The van der Waals surface area contributed by atoms with Gasteiger partial charge in [-0.2, -0.15) is 0 Å². The molecule has 0 radical (unpaired) electrons. The number of carbonyl (C=O) groups is 1. The Morgan fingerprint density at radius 3 is 2.53 bits per heavy atom. The Hall–Kier alpha value is -3.37. The van der Waals surface area contributed by atoms with Crippen molar-refractivity contribution in [1.82, 2.24) is 14.5 Å². The number of nitrogens with two attached hydrogens (primary N) is 2. The van der Waals surface area contributed by atoms with Crippen LogP contribution in [0.3, 0.4) is 0 Å². The molecule has 1 aliphatic heterocycles. The number of ether oxygens (including phenoxy) is 1. The normalized spacial score (nSPS) is 14.7. The van der Waals surface area contributed by atoms with Gasteiger partial charge in [-0.1, -0.05) is 0 Å². The van der Waals surface area contributed by atoms with Crippen molar-refractivity contribution in [3.05, 3.63) is 58.9 Å². The highest BCUT2D eigenvalue weighted by Crippen LogP contribution is 2.17. The Bertz CT molecular complexity index is 996. The van der Waals surface area contributed by atoms with Crippen molar-refractivity contribution in [3.8, 4) is 5.69 Å². The summed E-state index contributed by atoms with van der Waals surface area (Å²) in [6.45, 7) is 5.24. The van der Waals surface area contributed by atoms with E-state index in [2.05, 4.69) is 16.9 Å². The number of hydrogen-bond donors (Lipinski definition) is 2. The standard InChI is InChI=1S/C22H31N7O3/c1-3-32-20(30)9-4-17-16-28(18-5-7-19(8-6-18)29(24)11-10-23)22(31)21(25-17)27-14-12-26(2)13-15-27/h5-8,10-11,16H,3-4,9,12-15,23-24H2,1-2H3/b11-10-. The van der Waals surface area contributed by atoms with Crippen molar-refractivity contribution in [3.63, 3.8) is 0 Å². The second kappa shape index (κ2) is 10.8. The second-order valence-electron chi connectivity index (χ2n) is 7.59. The minimum absolute atomic E-state index is 0.200. The molecule has 0 amide bonds. The molecule has 10 heteroatoms. The van der Waals surface area contributed by atoms with E-state index < -0.39 is 0 Å². The Balaban J connectivity index is 1.96. The van der Waals surface area contributed by atoms with Crippen molar-refractivity contribution in [1.29, 1.82) is 0 Å². The van der Waals surface area contributed by atoms with E-state index in [1.165, 1.54) is 17.4 Å². The lowest BCUT2D eigenvalue weighted by Gasteiger charge is -2.33. The van der Waals surface area contributed by atoms with Gasteiger partial charge in [-0.25, -0.2) is 10.8 Å². The highest BCUT2D eigenvalue weighted by atomic mass is 16.5. The average molecular weight is 442 g/mol. The number of carbonyl (C=O) groups excluding carboxylic acids is 1. The number of benzene rings is 1. The second-order valence-corrected chi connectivity index (χ2v) is 7.59. The molecule has 1 aromatic heterocycles. The molecule has 0 unspecified atom stereocenters. The molecule has 1 saturated heterocycles. The van der Waals surface area contributed by atoms with E-state index in [1.807, 2.05) is 17.0 Å². The van der Waals surface area contributed by atoms with Gasteiger partial charge < -0.3 is 20.3 Å². The number of hydrazine groups is 1. The van der Waals surface area contributed by atoms with Gasteiger partial charge in [0.25, 0.3) is 5.56 Å². The summed E-state index contributed by atoms with van der Waals surface area (Å²) in [4.78, 5) is 34.1. The van der Waals surface area contributed by atoms with Crippen LogP contribution in [0.25, 0.3) is 5.69 Å². The van der Waals surface area contributed by atoms with E-state index in [-0.39, 0.29) is 17.9 Å². The summed E-state index contributed by atoms with van der Waals surface area (Å²) < 4.78 is 6.61. The maximum Gasteiger partial charge on any atom is 0.306 e. The number of aromatic nitrogens is 2. The number of esters is 1. The topological polar surface area (TPSA) is 123 Å². The summed E-state index contributed by atoms with van der Waals surface area (Å²) in [5.74, 6) is 6.02. The molecule has 1 aliphatic rings. The van der Waals surface area contributed by atoms with Gasteiger partial charge in [-0.05, 0) is 38.2 Å². The first kappa shape index (κ1) is 23.3. The first-order valence-electron chi connectivity index (χ1n) is 10.7. The predicted molar refractivity (Wildman–Crippen MR) is 124 cm³/mol. The molecule has 0 saturated carbocycles. The van der Waals surface area contributed by atoms with E-state index in [4.69, 9.17) is 16.3 Å². The molecular formula is C22H31N7O3. The SMILES string of the molecule is CCOC(=O)CCc1cn(-c2ccc(N(N)/C=C\N)cc2)c(=O)c(N2CCN(C)CC2)n1. The number of piperazine rings is 1. The molecule has 2 heterocycles. The van der Waals surface area contributed by atoms with E-state index >= 15 is 0 Å². The van der Waals surface area contributed by atoms with Gasteiger partial charge in [-0.15, -0.1) is 0 Å². The highest BCUT2D eigenvalue weighted by molar-refractivity contribution is 5.69. The van der Waals surface area contributed by atoms with Crippen LogP contribution in [-0.4, -0.2) is 60.3 Å². The maximum atomic E-state index is 13.4. The number of aryl methyl sites for hydroxylation is 1. The molecule has 0 bridgehead atoms. The zero-order valence-corrected chi connectivity index (χ0v) is 18.6. The average Bonchev–Trinajstić information content (AvgIpc) is 2.79. The predicted octanol–water partition coefficient (Wildman–Crippen LogP) is 0.590. The van der Waals surface area contributed by atoms with Crippen LogP contribution in [0.5, 0.6) is 0 Å². The molecule has 172 valence electrons. The van der Waals surface area contributed by atoms with Gasteiger partial charge in [-0.3, -0.25) is 19.2 Å². The third-order valence-corrected chi connectivity index (χ3v) is 5.30. The molecule has 0 spiro atoms. The number of rotatable bonds is 8. The van der Waals surface area contributed by atoms with E-state index in [0.717, 1.165) is 18.8 Å². The number of anilines is 2. The van der Waals surface area contributed by atoms with E-state index in [0.29, 0.717) is 43.3 Å². The minimum atomic E-state index is -0.284. The first-order valence-corrected chi connectivity index (χ1v) is 10.7. The molecule has 4 N–H and O–H groups in total. The molecular weight excluding hydrogens is 410 g/mol. The molecule has 2 aromatic rings. The van der Waals surface area contributed by atoms with Crippen LogP contribution in [0.4, 0.5) is 11.5 Å². The van der Waals surface area contributed by atoms with E-state index in [1.54, 1.807) is 29.8 Å². The van der Waals surface area contributed by atoms with Crippen molar-refractivity contribution in [2.45, 2.75) is 19.8 Å². The van der Waals surface area contributed by atoms with E-state index in [9.17, 15) is 9.59 Å². The fourth-order valence-electron chi connectivity index (χ4n) is 3.49. The molecule has 0 aliphatic carbocycles. The zero-order valence-electron chi connectivity index (χ0n) is 18.6. The zero-order chi connectivity index (χ0) is 23.1. The van der Waals surface area contributed by atoms with Crippen molar-refractivity contribution in [2.75, 3.05) is 49.7 Å². The van der Waals surface area contributed by atoms with Crippen molar-refractivity contribution >= 4 is 17.5 Å². The van der Waals surface area contributed by atoms with Crippen LogP contribution < -0.4 is 27.0 Å². The molecule has 1 fully saturated rings. The number of hydrogen-bond acceptors (Lipinski definition) is 9. The maximum absolute atomic E-state index is 13.4. The molecule has 3 rings (SSSR count). The summed E-state index contributed by atoms with van der Waals surface area (Å²) in [6, 6.07) is 7.22. The Labute approximate surface area is 187 Å². The molecule has 1 aromatic carbocycles. The number of nitrogens with zero attached hydrogens (tertiary/aromatic N) is 5. The van der Waals surface area contributed by atoms with Gasteiger partial charge in [0.1, 0.15) is 0 Å². The quantitative estimate of drug-likeness (QED) is 0.344. The molecule has 0 atom stereocenters. The lowest BCUT2D eigenvalue weighted by molar-refractivity contribution is -0.143. The Morgan fingerprint density at radius 2 is 1.91 bits per heavy atom. The van der Waals surface area contributed by atoms with Gasteiger partial charge in [0, 0.05) is 56.9 Å². The minimum Gasteiger partial charge on any atom is -0.466 e.